The molecule has 3 nitrogen and oxygen atoms in total. The van der Waals surface area contributed by atoms with Gasteiger partial charge < -0.3 is 10.6 Å². The first-order valence-corrected chi connectivity index (χ1v) is 6.67. The minimum Gasteiger partial charge on any atom is -0.384 e. The van der Waals surface area contributed by atoms with Crippen molar-refractivity contribution in [2.24, 2.45) is 0 Å². The Morgan fingerprint density at radius 2 is 2.10 bits per heavy atom. The maximum Gasteiger partial charge on any atom is 0.389 e. The van der Waals surface area contributed by atoms with Gasteiger partial charge in [-0.3, -0.25) is 4.79 Å². The summed E-state index contributed by atoms with van der Waals surface area (Å²) in [5, 5.41) is 5.83. The Bertz CT molecular complexity index is 486. The van der Waals surface area contributed by atoms with E-state index in [2.05, 4.69) is 10.6 Å². The number of halogens is 3. The van der Waals surface area contributed by atoms with Crippen LogP contribution >= 0.6 is 0 Å². The van der Waals surface area contributed by atoms with E-state index >= 15 is 0 Å². The van der Waals surface area contributed by atoms with Gasteiger partial charge in [-0.1, -0.05) is 6.07 Å². The summed E-state index contributed by atoms with van der Waals surface area (Å²) in [5.74, 6) is -0.242. The molecule has 0 unspecified atom stereocenters. The van der Waals surface area contributed by atoms with Crippen LogP contribution in [0.1, 0.15) is 35.2 Å². The summed E-state index contributed by atoms with van der Waals surface area (Å²) in [4.78, 5) is 11.8. The predicted octanol–water partition coefficient (Wildman–Crippen LogP) is 3.12. The normalized spacial score (nSPS) is 13.8. The second kappa shape index (κ2) is 6.15. The van der Waals surface area contributed by atoms with E-state index in [1.165, 1.54) is 5.56 Å². The van der Waals surface area contributed by atoms with Gasteiger partial charge in [0.25, 0.3) is 5.91 Å². The van der Waals surface area contributed by atoms with Crippen LogP contribution in [-0.2, 0) is 6.42 Å². The van der Waals surface area contributed by atoms with Gasteiger partial charge >= 0.3 is 6.18 Å². The number of fused-ring (bicyclic) bond motifs is 1. The van der Waals surface area contributed by atoms with E-state index in [1.807, 2.05) is 6.07 Å². The maximum absolute atomic E-state index is 11.9. The van der Waals surface area contributed by atoms with Crippen molar-refractivity contribution >= 4 is 11.6 Å². The van der Waals surface area contributed by atoms with Gasteiger partial charge in [0.05, 0.1) is 0 Å². The number of alkyl halides is 3. The van der Waals surface area contributed by atoms with Gasteiger partial charge in [-0.2, -0.15) is 13.2 Å². The largest absolute Gasteiger partial charge is 0.389 e. The van der Waals surface area contributed by atoms with Crippen LogP contribution in [-0.4, -0.2) is 25.2 Å². The van der Waals surface area contributed by atoms with Crippen molar-refractivity contribution in [3.63, 3.8) is 0 Å². The highest BCUT2D eigenvalue weighted by Gasteiger charge is 2.25. The third-order valence-corrected chi connectivity index (χ3v) is 3.25. The highest BCUT2D eigenvalue weighted by Crippen LogP contribution is 2.23. The lowest BCUT2D eigenvalue weighted by Crippen LogP contribution is -2.24. The minimum absolute atomic E-state index is 0.0372. The molecule has 0 bridgehead atoms. The number of hydrogen-bond donors (Lipinski definition) is 2. The molecule has 0 radical (unpaired) electrons. The van der Waals surface area contributed by atoms with Crippen molar-refractivity contribution < 1.29 is 18.0 Å². The Kier molecular flexibility index (Phi) is 4.52. The third kappa shape index (κ3) is 4.15. The average Bonchev–Trinajstić information content (AvgIpc) is 2.83. The number of benzene rings is 1. The number of amides is 1. The fourth-order valence-corrected chi connectivity index (χ4v) is 2.19. The molecule has 0 fully saturated rings. The molecule has 0 spiro atoms. The first-order chi connectivity index (χ1) is 9.46. The van der Waals surface area contributed by atoms with E-state index in [0.717, 1.165) is 18.7 Å². The molecule has 1 amide bonds. The van der Waals surface area contributed by atoms with Crippen LogP contribution in [0.5, 0.6) is 0 Å². The Hall–Kier alpha value is -1.72. The monoisotopic (exact) mass is 286 g/mol. The summed E-state index contributed by atoms with van der Waals surface area (Å²) in [6.45, 7) is 1.14. The predicted molar refractivity (Wildman–Crippen MR) is 70.9 cm³/mol. The summed E-state index contributed by atoms with van der Waals surface area (Å²) < 4.78 is 35.8. The zero-order valence-electron chi connectivity index (χ0n) is 11.0. The van der Waals surface area contributed by atoms with Crippen molar-refractivity contribution in [1.29, 1.82) is 0 Å². The third-order valence-electron chi connectivity index (χ3n) is 3.25. The molecule has 6 heteroatoms. The highest BCUT2D eigenvalue weighted by atomic mass is 19.4. The maximum atomic E-state index is 11.9. The number of rotatable bonds is 5. The van der Waals surface area contributed by atoms with Crippen LogP contribution in [0.4, 0.5) is 18.9 Å². The molecular formula is C14H17F3N2O. The number of carbonyl (C=O) groups excluding carboxylic acids is 1. The molecule has 1 aliphatic heterocycles. The molecule has 20 heavy (non-hydrogen) atoms. The number of anilines is 1. The zero-order chi connectivity index (χ0) is 14.6. The second-order valence-electron chi connectivity index (χ2n) is 4.88. The molecule has 1 aromatic rings. The van der Waals surface area contributed by atoms with Crippen LogP contribution < -0.4 is 10.6 Å². The van der Waals surface area contributed by atoms with Crippen molar-refractivity contribution in [3.8, 4) is 0 Å². The topological polar surface area (TPSA) is 41.1 Å². The minimum atomic E-state index is -4.12. The Labute approximate surface area is 115 Å². The van der Waals surface area contributed by atoms with E-state index in [0.29, 0.717) is 12.0 Å². The van der Waals surface area contributed by atoms with E-state index in [1.54, 1.807) is 12.1 Å². The van der Waals surface area contributed by atoms with E-state index in [-0.39, 0.29) is 18.9 Å². The summed E-state index contributed by atoms with van der Waals surface area (Å²) in [6, 6.07) is 5.44. The van der Waals surface area contributed by atoms with Crippen molar-refractivity contribution in [3.05, 3.63) is 29.3 Å². The standard InChI is InChI=1S/C14H17F3N2O/c15-14(16,17)6-1-2-7-19-13(20)11-4-3-10-5-8-18-12(10)9-11/h3-4,9,18H,1-2,5-8H2,(H,19,20). The van der Waals surface area contributed by atoms with Gasteiger partial charge in [-0.15, -0.1) is 0 Å². The molecule has 0 aromatic heterocycles. The lowest BCUT2D eigenvalue weighted by Gasteiger charge is -2.08. The number of carbonyl (C=O) groups is 1. The van der Waals surface area contributed by atoms with Crippen LogP contribution in [0, 0.1) is 0 Å². The van der Waals surface area contributed by atoms with Gasteiger partial charge in [0.15, 0.2) is 0 Å². The second-order valence-corrected chi connectivity index (χ2v) is 4.88. The van der Waals surface area contributed by atoms with Gasteiger partial charge in [-0.05, 0) is 37.0 Å². The lowest BCUT2D eigenvalue weighted by molar-refractivity contribution is -0.135. The first-order valence-electron chi connectivity index (χ1n) is 6.67. The highest BCUT2D eigenvalue weighted by molar-refractivity contribution is 5.95. The van der Waals surface area contributed by atoms with E-state index in [4.69, 9.17) is 0 Å². The van der Waals surface area contributed by atoms with Gasteiger partial charge in [-0.25, -0.2) is 0 Å². The summed E-state index contributed by atoms with van der Waals surface area (Å²) in [7, 11) is 0. The molecule has 2 N–H and O–H groups in total. The average molecular weight is 286 g/mol. The Morgan fingerprint density at radius 1 is 1.30 bits per heavy atom. The summed E-state index contributed by atoms with van der Waals surface area (Å²) in [5.41, 5.74) is 2.69. The van der Waals surface area contributed by atoms with Crippen molar-refractivity contribution in [2.45, 2.75) is 31.9 Å². The summed E-state index contributed by atoms with van der Waals surface area (Å²) in [6.07, 6.45) is -3.60. The van der Waals surface area contributed by atoms with Crippen molar-refractivity contribution in [1.82, 2.24) is 5.32 Å². The molecule has 1 heterocycles. The van der Waals surface area contributed by atoms with Gasteiger partial charge in [0.1, 0.15) is 0 Å². The lowest BCUT2D eigenvalue weighted by atomic mass is 10.1. The van der Waals surface area contributed by atoms with Gasteiger partial charge in [0.2, 0.25) is 0 Å². The van der Waals surface area contributed by atoms with Crippen LogP contribution in [0.15, 0.2) is 18.2 Å². The molecule has 1 aliphatic rings. The first kappa shape index (κ1) is 14.7. The molecule has 0 aliphatic carbocycles. The fraction of sp³-hybridized carbons (Fsp3) is 0.500. The quantitative estimate of drug-likeness (QED) is 0.817. The van der Waals surface area contributed by atoms with Crippen molar-refractivity contribution in [2.75, 3.05) is 18.4 Å². The zero-order valence-corrected chi connectivity index (χ0v) is 11.0. The Morgan fingerprint density at radius 3 is 2.85 bits per heavy atom. The molecule has 2 rings (SSSR count). The molecule has 110 valence electrons. The smallest absolute Gasteiger partial charge is 0.384 e. The molecule has 0 saturated carbocycles. The molecule has 0 saturated heterocycles. The fourth-order valence-electron chi connectivity index (χ4n) is 2.19. The summed E-state index contributed by atoms with van der Waals surface area (Å²) >= 11 is 0. The number of nitrogens with one attached hydrogen (secondary N) is 2. The Balaban J connectivity index is 1.75. The molecular weight excluding hydrogens is 269 g/mol. The van der Waals surface area contributed by atoms with Crippen LogP contribution in [0.2, 0.25) is 0 Å². The van der Waals surface area contributed by atoms with Crippen LogP contribution in [0.25, 0.3) is 0 Å². The SMILES string of the molecule is O=C(NCCCCC(F)(F)F)c1ccc2c(c1)NCC2. The van der Waals surface area contributed by atoms with E-state index < -0.39 is 12.6 Å². The van der Waals surface area contributed by atoms with Gasteiger partial charge in [0, 0.05) is 30.8 Å². The van der Waals surface area contributed by atoms with E-state index in [9.17, 15) is 18.0 Å². The molecule has 0 atom stereocenters. The number of unbranched alkanes of at least 4 members (excludes halogenated alkanes) is 1. The number of hydrogen-bond acceptors (Lipinski definition) is 2. The molecule has 1 aromatic carbocycles. The van der Waals surface area contributed by atoms with Crippen LogP contribution in [0.3, 0.4) is 0 Å².